The van der Waals surface area contributed by atoms with Crippen LogP contribution in [0.5, 0.6) is 0 Å². The van der Waals surface area contributed by atoms with Crippen LogP contribution in [-0.4, -0.2) is 60.1 Å². The van der Waals surface area contributed by atoms with Crippen molar-refractivity contribution in [2.24, 2.45) is 0 Å². The van der Waals surface area contributed by atoms with Crippen LogP contribution in [0.3, 0.4) is 0 Å². The van der Waals surface area contributed by atoms with Gasteiger partial charge in [0, 0.05) is 71.0 Å². The van der Waals surface area contributed by atoms with Crippen LogP contribution in [0, 0.1) is 6.92 Å². The zero-order valence-corrected chi connectivity index (χ0v) is 14.1. The van der Waals surface area contributed by atoms with Crippen LogP contribution in [0.2, 0.25) is 0 Å². The SMILES string of the molecule is Cc1cc(N(C)C)nc(N2CCN(Cc3cccnc3)CC2)n1. The Labute approximate surface area is 137 Å². The predicted octanol–water partition coefficient (Wildman–Crippen LogP) is 1.57. The number of pyridine rings is 1. The summed E-state index contributed by atoms with van der Waals surface area (Å²) < 4.78 is 0. The topological polar surface area (TPSA) is 48.4 Å². The fourth-order valence-electron chi connectivity index (χ4n) is 2.76. The van der Waals surface area contributed by atoms with Gasteiger partial charge in [0.05, 0.1) is 0 Å². The number of piperazine rings is 1. The minimum absolute atomic E-state index is 0.842. The van der Waals surface area contributed by atoms with Crippen molar-refractivity contribution in [1.82, 2.24) is 19.9 Å². The number of hydrogen-bond acceptors (Lipinski definition) is 6. The molecule has 2 aromatic heterocycles. The lowest BCUT2D eigenvalue weighted by Gasteiger charge is -2.35. The second kappa shape index (κ2) is 6.91. The molecule has 3 heterocycles. The summed E-state index contributed by atoms with van der Waals surface area (Å²) in [7, 11) is 4.02. The average molecular weight is 312 g/mol. The lowest BCUT2D eigenvalue weighted by atomic mass is 10.2. The second-order valence-corrected chi connectivity index (χ2v) is 6.19. The number of aromatic nitrogens is 3. The van der Waals surface area contributed by atoms with Crippen LogP contribution < -0.4 is 9.80 Å². The van der Waals surface area contributed by atoms with E-state index in [0.29, 0.717) is 0 Å². The molecule has 2 aromatic rings. The Morgan fingerprint density at radius 1 is 1.13 bits per heavy atom. The van der Waals surface area contributed by atoms with Gasteiger partial charge < -0.3 is 9.80 Å². The molecule has 0 saturated carbocycles. The molecule has 0 N–H and O–H groups in total. The first-order chi connectivity index (χ1) is 11.1. The first-order valence-electron chi connectivity index (χ1n) is 8.01. The summed E-state index contributed by atoms with van der Waals surface area (Å²) in [5.74, 6) is 1.81. The Balaban J connectivity index is 1.63. The minimum Gasteiger partial charge on any atom is -0.363 e. The lowest BCUT2D eigenvalue weighted by Crippen LogP contribution is -2.46. The van der Waals surface area contributed by atoms with E-state index in [1.54, 1.807) is 0 Å². The van der Waals surface area contributed by atoms with E-state index in [2.05, 4.69) is 30.8 Å². The second-order valence-electron chi connectivity index (χ2n) is 6.19. The zero-order valence-electron chi connectivity index (χ0n) is 14.1. The molecule has 122 valence electrons. The highest BCUT2D eigenvalue weighted by Crippen LogP contribution is 2.17. The Hall–Kier alpha value is -2.21. The molecular formula is C17H24N6. The maximum absolute atomic E-state index is 4.68. The van der Waals surface area contributed by atoms with Crippen molar-refractivity contribution in [2.75, 3.05) is 50.1 Å². The van der Waals surface area contributed by atoms with Crippen molar-refractivity contribution >= 4 is 11.8 Å². The van der Waals surface area contributed by atoms with Crippen molar-refractivity contribution in [3.63, 3.8) is 0 Å². The van der Waals surface area contributed by atoms with E-state index in [1.165, 1.54) is 5.56 Å². The van der Waals surface area contributed by atoms with Crippen LogP contribution >= 0.6 is 0 Å². The standard InChI is InChI=1S/C17H24N6/c1-14-11-16(21(2)3)20-17(19-14)23-9-7-22(8-10-23)13-15-5-4-6-18-12-15/h4-6,11-12H,7-10,13H2,1-3H3. The third-order valence-corrected chi connectivity index (χ3v) is 4.07. The third kappa shape index (κ3) is 3.96. The summed E-state index contributed by atoms with van der Waals surface area (Å²) in [4.78, 5) is 20.2. The summed E-state index contributed by atoms with van der Waals surface area (Å²) >= 11 is 0. The number of rotatable bonds is 4. The highest BCUT2D eigenvalue weighted by molar-refractivity contribution is 5.45. The Morgan fingerprint density at radius 2 is 1.91 bits per heavy atom. The Morgan fingerprint density at radius 3 is 2.57 bits per heavy atom. The molecule has 6 nitrogen and oxygen atoms in total. The molecule has 0 aliphatic carbocycles. The van der Waals surface area contributed by atoms with Crippen molar-refractivity contribution in [3.8, 4) is 0 Å². The summed E-state index contributed by atoms with van der Waals surface area (Å²) in [6.07, 6.45) is 3.76. The first-order valence-corrected chi connectivity index (χ1v) is 8.01. The van der Waals surface area contributed by atoms with Crippen molar-refractivity contribution in [2.45, 2.75) is 13.5 Å². The number of anilines is 2. The van der Waals surface area contributed by atoms with Gasteiger partial charge in [-0.3, -0.25) is 9.88 Å². The van der Waals surface area contributed by atoms with Gasteiger partial charge in [-0.2, -0.15) is 4.98 Å². The van der Waals surface area contributed by atoms with E-state index in [4.69, 9.17) is 0 Å². The first kappa shape index (κ1) is 15.7. The summed E-state index contributed by atoms with van der Waals surface area (Å²) in [5.41, 5.74) is 2.28. The molecule has 0 bridgehead atoms. The smallest absolute Gasteiger partial charge is 0.227 e. The summed E-state index contributed by atoms with van der Waals surface area (Å²) in [5, 5.41) is 0. The van der Waals surface area contributed by atoms with E-state index in [0.717, 1.165) is 50.2 Å². The molecule has 0 unspecified atom stereocenters. The Bertz CT molecular complexity index is 635. The van der Waals surface area contributed by atoms with Crippen LogP contribution in [-0.2, 0) is 6.54 Å². The minimum atomic E-state index is 0.842. The molecule has 0 atom stereocenters. The highest BCUT2D eigenvalue weighted by atomic mass is 15.3. The molecule has 1 aliphatic heterocycles. The molecule has 0 spiro atoms. The van der Waals surface area contributed by atoms with Gasteiger partial charge in [0.1, 0.15) is 5.82 Å². The van der Waals surface area contributed by atoms with Gasteiger partial charge in [-0.15, -0.1) is 0 Å². The van der Waals surface area contributed by atoms with E-state index in [1.807, 2.05) is 50.4 Å². The monoisotopic (exact) mass is 312 g/mol. The average Bonchev–Trinajstić information content (AvgIpc) is 2.56. The normalized spacial score (nSPS) is 15.7. The van der Waals surface area contributed by atoms with Crippen molar-refractivity contribution in [3.05, 3.63) is 41.9 Å². The highest BCUT2D eigenvalue weighted by Gasteiger charge is 2.20. The van der Waals surface area contributed by atoms with Crippen molar-refractivity contribution in [1.29, 1.82) is 0 Å². The number of hydrogen-bond donors (Lipinski definition) is 0. The summed E-state index contributed by atoms with van der Waals surface area (Å²) in [6, 6.07) is 6.14. The Kier molecular flexibility index (Phi) is 4.71. The van der Waals surface area contributed by atoms with Gasteiger partial charge in [-0.25, -0.2) is 4.98 Å². The zero-order chi connectivity index (χ0) is 16.2. The van der Waals surface area contributed by atoms with Crippen LogP contribution in [0.4, 0.5) is 11.8 Å². The molecular weight excluding hydrogens is 288 g/mol. The van der Waals surface area contributed by atoms with Crippen LogP contribution in [0.15, 0.2) is 30.6 Å². The number of nitrogens with zero attached hydrogens (tertiary/aromatic N) is 6. The van der Waals surface area contributed by atoms with Gasteiger partial charge >= 0.3 is 0 Å². The quantitative estimate of drug-likeness (QED) is 0.854. The van der Waals surface area contributed by atoms with Gasteiger partial charge in [0.25, 0.3) is 0 Å². The van der Waals surface area contributed by atoms with Gasteiger partial charge in [-0.05, 0) is 18.6 Å². The lowest BCUT2D eigenvalue weighted by molar-refractivity contribution is 0.248. The predicted molar refractivity (Wildman–Crippen MR) is 92.8 cm³/mol. The molecule has 3 rings (SSSR count). The molecule has 23 heavy (non-hydrogen) atoms. The maximum atomic E-state index is 4.68. The molecule has 0 amide bonds. The van der Waals surface area contributed by atoms with Crippen LogP contribution in [0.25, 0.3) is 0 Å². The molecule has 0 radical (unpaired) electrons. The van der Waals surface area contributed by atoms with Gasteiger partial charge in [-0.1, -0.05) is 6.07 Å². The fourth-order valence-corrected chi connectivity index (χ4v) is 2.76. The largest absolute Gasteiger partial charge is 0.363 e. The molecule has 1 aliphatic rings. The van der Waals surface area contributed by atoms with Gasteiger partial charge in [0.15, 0.2) is 0 Å². The van der Waals surface area contributed by atoms with E-state index >= 15 is 0 Å². The molecule has 1 fully saturated rings. The molecule has 0 aromatic carbocycles. The van der Waals surface area contributed by atoms with Crippen LogP contribution in [0.1, 0.15) is 11.3 Å². The van der Waals surface area contributed by atoms with E-state index in [-0.39, 0.29) is 0 Å². The fraction of sp³-hybridized carbons (Fsp3) is 0.471. The molecule has 6 heteroatoms. The third-order valence-electron chi connectivity index (χ3n) is 4.07. The maximum Gasteiger partial charge on any atom is 0.227 e. The van der Waals surface area contributed by atoms with E-state index in [9.17, 15) is 0 Å². The van der Waals surface area contributed by atoms with Gasteiger partial charge in [0.2, 0.25) is 5.95 Å². The molecule has 1 saturated heterocycles. The van der Waals surface area contributed by atoms with E-state index < -0.39 is 0 Å². The van der Waals surface area contributed by atoms with Crippen molar-refractivity contribution < 1.29 is 0 Å². The summed E-state index contributed by atoms with van der Waals surface area (Å²) in [6.45, 7) is 6.93. The number of aryl methyl sites for hydroxylation is 1.